The van der Waals surface area contributed by atoms with Crippen LogP contribution in [-0.2, 0) is 13.1 Å². The second-order valence-corrected chi connectivity index (χ2v) is 4.05. The number of aryl methyl sites for hydroxylation is 1. The molecule has 2 aromatic rings. The largest absolute Gasteiger partial charge is 0.435 e. The predicted octanol–water partition coefficient (Wildman–Crippen LogP) is 3.72. The van der Waals surface area contributed by atoms with E-state index in [0.717, 1.165) is 17.9 Å². The summed E-state index contributed by atoms with van der Waals surface area (Å²) in [5.41, 5.74) is 1.89. The first-order valence-corrected chi connectivity index (χ1v) is 6.12. The van der Waals surface area contributed by atoms with Gasteiger partial charge in [0.2, 0.25) is 0 Å². The van der Waals surface area contributed by atoms with Gasteiger partial charge in [0, 0.05) is 30.2 Å². The number of nitrogens with one attached hydrogen (secondary N) is 1. The van der Waals surface area contributed by atoms with Crippen molar-refractivity contribution in [1.82, 2.24) is 4.57 Å². The Kier molecular flexibility index (Phi) is 4.39. The minimum absolute atomic E-state index is 0.158. The minimum atomic E-state index is -2.80. The lowest BCUT2D eigenvalue weighted by atomic mass is 10.3. The monoisotopic (exact) mass is 266 g/mol. The Hall–Kier alpha value is -2.04. The number of aromatic nitrogens is 1. The number of rotatable bonds is 6. The van der Waals surface area contributed by atoms with Crippen LogP contribution in [0.15, 0.2) is 42.6 Å². The van der Waals surface area contributed by atoms with E-state index in [1.165, 1.54) is 6.07 Å². The first kappa shape index (κ1) is 13.4. The number of ether oxygens (including phenoxy) is 1. The maximum absolute atomic E-state index is 12.1. The highest BCUT2D eigenvalue weighted by atomic mass is 19.3. The van der Waals surface area contributed by atoms with Gasteiger partial charge in [0.15, 0.2) is 0 Å². The van der Waals surface area contributed by atoms with Gasteiger partial charge < -0.3 is 14.6 Å². The van der Waals surface area contributed by atoms with E-state index in [-0.39, 0.29) is 5.75 Å². The highest BCUT2D eigenvalue weighted by Gasteiger charge is 2.05. The van der Waals surface area contributed by atoms with Crippen LogP contribution in [0.25, 0.3) is 0 Å². The number of alkyl halides is 2. The SMILES string of the molecule is CCn1cccc1CNc1cccc(OC(F)F)c1. The third kappa shape index (κ3) is 3.71. The summed E-state index contributed by atoms with van der Waals surface area (Å²) in [4.78, 5) is 0. The fourth-order valence-electron chi connectivity index (χ4n) is 1.89. The van der Waals surface area contributed by atoms with Gasteiger partial charge in [0.1, 0.15) is 5.75 Å². The van der Waals surface area contributed by atoms with Crippen molar-refractivity contribution < 1.29 is 13.5 Å². The summed E-state index contributed by atoms with van der Waals surface area (Å²) in [7, 11) is 0. The average molecular weight is 266 g/mol. The van der Waals surface area contributed by atoms with Crippen LogP contribution in [0.2, 0.25) is 0 Å². The molecule has 0 unspecified atom stereocenters. The molecule has 19 heavy (non-hydrogen) atoms. The van der Waals surface area contributed by atoms with E-state index in [9.17, 15) is 8.78 Å². The standard InChI is InChI=1S/C14H16F2N2O/c1-2-18-8-4-6-12(18)10-17-11-5-3-7-13(9-11)19-14(15)16/h3-9,14,17H,2,10H2,1H3. The van der Waals surface area contributed by atoms with Crippen molar-refractivity contribution in [3.63, 3.8) is 0 Å². The fraction of sp³-hybridized carbons (Fsp3) is 0.286. The summed E-state index contributed by atoms with van der Waals surface area (Å²) in [5, 5.41) is 3.19. The molecular weight excluding hydrogens is 250 g/mol. The molecule has 0 spiro atoms. The molecule has 0 aliphatic rings. The highest BCUT2D eigenvalue weighted by molar-refractivity contribution is 5.48. The van der Waals surface area contributed by atoms with E-state index >= 15 is 0 Å². The molecule has 1 aromatic heterocycles. The summed E-state index contributed by atoms with van der Waals surface area (Å²) in [6, 6.07) is 10.6. The zero-order valence-corrected chi connectivity index (χ0v) is 10.6. The van der Waals surface area contributed by atoms with Gasteiger partial charge in [-0.05, 0) is 31.2 Å². The molecule has 3 nitrogen and oxygen atoms in total. The number of hydrogen-bond acceptors (Lipinski definition) is 2. The van der Waals surface area contributed by atoms with E-state index in [4.69, 9.17) is 0 Å². The number of halogens is 2. The van der Waals surface area contributed by atoms with Crippen LogP contribution in [0.5, 0.6) is 5.75 Å². The second-order valence-electron chi connectivity index (χ2n) is 4.05. The third-order valence-corrected chi connectivity index (χ3v) is 2.80. The van der Waals surface area contributed by atoms with E-state index < -0.39 is 6.61 Å². The van der Waals surface area contributed by atoms with Crippen LogP contribution >= 0.6 is 0 Å². The smallest absolute Gasteiger partial charge is 0.387 e. The maximum atomic E-state index is 12.1. The van der Waals surface area contributed by atoms with E-state index in [1.54, 1.807) is 12.1 Å². The van der Waals surface area contributed by atoms with Gasteiger partial charge in [-0.2, -0.15) is 8.78 Å². The van der Waals surface area contributed by atoms with Crippen molar-refractivity contribution in [1.29, 1.82) is 0 Å². The maximum Gasteiger partial charge on any atom is 0.387 e. The molecule has 0 bridgehead atoms. The lowest BCUT2D eigenvalue weighted by molar-refractivity contribution is -0.0498. The number of hydrogen-bond donors (Lipinski definition) is 1. The van der Waals surface area contributed by atoms with E-state index in [2.05, 4.69) is 21.5 Å². The number of benzene rings is 1. The van der Waals surface area contributed by atoms with Gasteiger partial charge in [-0.25, -0.2) is 0 Å². The highest BCUT2D eigenvalue weighted by Crippen LogP contribution is 2.19. The molecule has 0 fully saturated rings. The normalized spacial score (nSPS) is 10.7. The Morgan fingerprint density at radius 3 is 2.84 bits per heavy atom. The molecule has 0 saturated carbocycles. The second kappa shape index (κ2) is 6.22. The molecule has 1 N–H and O–H groups in total. The lowest BCUT2D eigenvalue weighted by Crippen LogP contribution is -2.06. The van der Waals surface area contributed by atoms with Gasteiger partial charge in [-0.1, -0.05) is 6.07 Å². The van der Waals surface area contributed by atoms with Crippen molar-refractivity contribution in [2.75, 3.05) is 5.32 Å². The summed E-state index contributed by atoms with van der Waals surface area (Å²) in [6.45, 7) is 0.811. The van der Waals surface area contributed by atoms with E-state index in [1.807, 2.05) is 24.4 Å². The first-order chi connectivity index (χ1) is 9.19. The molecule has 0 aliphatic heterocycles. The first-order valence-electron chi connectivity index (χ1n) is 6.12. The molecule has 1 heterocycles. The Morgan fingerprint density at radius 1 is 1.26 bits per heavy atom. The van der Waals surface area contributed by atoms with Gasteiger partial charge in [-0.3, -0.25) is 0 Å². The molecule has 5 heteroatoms. The lowest BCUT2D eigenvalue weighted by Gasteiger charge is -2.11. The topological polar surface area (TPSA) is 26.2 Å². The summed E-state index contributed by atoms with van der Waals surface area (Å²) in [6.07, 6.45) is 2.01. The van der Waals surface area contributed by atoms with Crippen molar-refractivity contribution in [3.8, 4) is 5.75 Å². The Bertz CT molecular complexity index is 526. The molecule has 2 rings (SSSR count). The van der Waals surface area contributed by atoms with Gasteiger partial charge in [0.05, 0.1) is 6.54 Å². The Morgan fingerprint density at radius 2 is 2.11 bits per heavy atom. The number of anilines is 1. The quantitative estimate of drug-likeness (QED) is 0.862. The summed E-state index contributed by atoms with van der Waals surface area (Å²) < 4.78 is 30.7. The minimum Gasteiger partial charge on any atom is -0.435 e. The Balaban J connectivity index is 1.99. The van der Waals surface area contributed by atoms with Gasteiger partial charge in [0.25, 0.3) is 0 Å². The van der Waals surface area contributed by atoms with Crippen LogP contribution in [0, 0.1) is 0 Å². The van der Waals surface area contributed by atoms with Crippen LogP contribution in [0.4, 0.5) is 14.5 Å². The third-order valence-electron chi connectivity index (χ3n) is 2.80. The molecule has 0 atom stereocenters. The molecule has 0 saturated heterocycles. The summed E-state index contributed by atoms with van der Waals surface area (Å²) in [5.74, 6) is 0.158. The molecule has 0 aliphatic carbocycles. The molecule has 0 amide bonds. The molecular formula is C14H16F2N2O. The van der Waals surface area contributed by atoms with Crippen molar-refractivity contribution in [2.24, 2.45) is 0 Å². The molecule has 0 radical (unpaired) electrons. The van der Waals surface area contributed by atoms with Crippen LogP contribution in [0.1, 0.15) is 12.6 Å². The van der Waals surface area contributed by atoms with Gasteiger partial charge in [-0.15, -0.1) is 0 Å². The predicted molar refractivity (Wildman–Crippen MR) is 70.5 cm³/mol. The van der Waals surface area contributed by atoms with Crippen LogP contribution in [-0.4, -0.2) is 11.2 Å². The van der Waals surface area contributed by atoms with Crippen molar-refractivity contribution >= 4 is 5.69 Å². The Labute approximate surface area is 110 Å². The van der Waals surface area contributed by atoms with Crippen molar-refractivity contribution in [3.05, 3.63) is 48.3 Å². The zero-order valence-electron chi connectivity index (χ0n) is 10.6. The molecule has 102 valence electrons. The van der Waals surface area contributed by atoms with E-state index in [0.29, 0.717) is 6.54 Å². The number of nitrogens with zero attached hydrogens (tertiary/aromatic N) is 1. The fourth-order valence-corrected chi connectivity index (χ4v) is 1.89. The van der Waals surface area contributed by atoms with Gasteiger partial charge >= 0.3 is 6.61 Å². The van der Waals surface area contributed by atoms with Crippen LogP contribution in [0.3, 0.4) is 0 Å². The van der Waals surface area contributed by atoms with Crippen LogP contribution < -0.4 is 10.1 Å². The average Bonchev–Trinajstić information content (AvgIpc) is 2.83. The molecule has 1 aromatic carbocycles. The summed E-state index contributed by atoms with van der Waals surface area (Å²) >= 11 is 0. The zero-order chi connectivity index (χ0) is 13.7. The van der Waals surface area contributed by atoms with Crippen molar-refractivity contribution in [2.45, 2.75) is 26.6 Å².